The quantitative estimate of drug-likeness (QED) is 0.474. The Hall–Kier alpha value is -0.200. The third-order valence-corrected chi connectivity index (χ3v) is 7.14. The molecule has 6 fully saturated rings. The monoisotopic (exact) mass is 269 g/mol. The maximum absolute atomic E-state index is 8.15. The van der Waals surface area contributed by atoms with Crippen LogP contribution in [0.4, 0.5) is 0 Å². The van der Waals surface area contributed by atoms with E-state index in [1.807, 2.05) is 0 Å². The van der Waals surface area contributed by atoms with E-state index in [2.05, 4.69) is 29.2 Å². The Labute approximate surface area is 113 Å². The molecule has 0 unspecified atom stereocenters. The SMILES string of the molecule is CC12C3C4C1C1C2C3C41C.OCCONOCCO. The Morgan fingerprint density at radius 3 is 1.37 bits per heavy atom. The lowest BCUT2D eigenvalue weighted by atomic mass is 8.93. The average molecular weight is 269 g/mol. The first-order chi connectivity index (χ1) is 9.15. The normalized spacial score (nSPS) is 59.4. The molecule has 0 spiro atoms. The summed E-state index contributed by atoms with van der Waals surface area (Å²) in [6.07, 6.45) is 0. The molecule has 0 atom stereocenters. The number of aliphatic hydroxyl groups is 2. The van der Waals surface area contributed by atoms with E-state index >= 15 is 0 Å². The summed E-state index contributed by atoms with van der Waals surface area (Å²) < 4.78 is 0. The highest BCUT2D eigenvalue weighted by Gasteiger charge is 3.06. The van der Waals surface area contributed by atoms with E-state index in [9.17, 15) is 0 Å². The van der Waals surface area contributed by atoms with Gasteiger partial charge in [-0.25, -0.2) is 0 Å². The van der Waals surface area contributed by atoms with Gasteiger partial charge in [-0.3, -0.25) is 9.68 Å². The van der Waals surface area contributed by atoms with Gasteiger partial charge in [0.1, 0.15) is 0 Å². The van der Waals surface area contributed by atoms with E-state index in [-0.39, 0.29) is 26.4 Å². The van der Waals surface area contributed by atoms with Crippen LogP contribution in [0.3, 0.4) is 0 Å². The Kier molecular flexibility index (Phi) is 2.45. The van der Waals surface area contributed by atoms with Crippen molar-refractivity contribution in [2.24, 2.45) is 46.3 Å². The number of hydrogen-bond donors (Lipinski definition) is 3. The minimum absolute atomic E-state index is 0.0600. The highest BCUT2D eigenvalue weighted by atomic mass is 16.9. The van der Waals surface area contributed by atoms with Crippen molar-refractivity contribution in [1.29, 1.82) is 0 Å². The first-order valence-corrected chi connectivity index (χ1v) is 7.35. The predicted molar refractivity (Wildman–Crippen MR) is 66.4 cm³/mol. The minimum Gasteiger partial charge on any atom is -0.394 e. The third-order valence-electron chi connectivity index (χ3n) is 7.14. The summed E-state index contributed by atoms with van der Waals surface area (Å²) in [5.74, 6) is 7.49. The molecule has 0 aromatic heterocycles. The molecule has 6 saturated carbocycles. The standard InChI is InChI=1S/C10H12.C4H11NO4/c1-9-3-6-4(9)8-5(9)7(3)10(6,8)2;6-1-3-8-5-9-4-2-7/h3-8H,1-2H3;5-7H,1-4H2. The number of nitrogens with one attached hydrogen (secondary N) is 1. The van der Waals surface area contributed by atoms with Crippen LogP contribution in [-0.4, -0.2) is 36.6 Å². The van der Waals surface area contributed by atoms with Crippen molar-refractivity contribution in [2.45, 2.75) is 13.8 Å². The lowest BCUT2D eigenvalue weighted by Gasteiger charge is -3.11. The molecule has 0 heterocycles. The predicted octanol–water partition coefficient (Wildman–Crippen LogP) is 0.188. The van der Waals surface area contributed by atoms with Crippen molar-refractivity contribution in [3.05, 3.63) is 0 Å². The van der Waals surface area contributed by atoms with Crippen molar-refractivity contribution >= 4 is 0 Å². The van der Waals surface area contributed by atoms with Crippen LogP contribution in [0.2, 0.25) is 0 Å². The van der Waals surface area contributed by atoms with Gasteiger partial charge in [0, 0.05) is 0 Å². The van der Waals surface area contributed by atoms with Gasteiger partial charge in [0.2, 0.25) is 0 Å². The molecule has 5 heteroatoms. The second-order valence-corrected chi connectivity index (χ2v) is 7.11. The Morgan fingerprint density at radius 1 is 0.789 bits per heavy atom. The van der Waals surface area contributed by atoms with Gasteiger partial charge in [-0.15, -0.1) is 0 Å². The molecular formula is C14H23NO4. The average Bonchev–Trinajstić information content (AvgIpc) is 2.45. The summed E-state index contributed by atoms with van der Waals surface area (Å²) in [7, 11) is 0. The molecule has 108 valence electrons. The highest BCUT2D eigenvalue weighted by molar-refractivity contribution is 5.53. The van der Waals surface area contributed by atoms with Gasteiger partial charge in [0.05, 0.1) is 26.4 Å². The van der Waals surface area contributed by atoms with E-state index in [1.54, 1.807) is 0 Å². The minimum atomic E-state index is -0.0600. The van der Waals surface area contributed by atoms with Crippen molar-refractivity contribution in [1.82, 2.24) is 5.64 Å². The van der Waals surface area contributed by atoms with Gasteiger partial charge >= 0.3 is 0 Å². The first-order valence-electron chi connectivity index (χ1n) is 7.35. The molecule has 0 radical (unpaired) electrons. The Morgan fingerprint density at radius 2 is 1.11 bits per heavy atom. The molecule has 0 saturated heterocycles. The van der Waals surface area contributed by atoms with Crippen LogP contribution in [0.5, 0.6) is 0 Å². The van der Waals surface area contributed by atoms with Crippen LogP contribution < -0.4 is 5.64 Å². The van der Waals surface area contributed by atoms with E-state index in [0.29, 0.717) is 0 Å². The molecule has 0 aromatic rings. The zero-order valence-electron chi connectivity index (χ0n) is 11.5. The number of hydrogen-bond acceptors (Lipinski definition) is 5. The molecule has 0 bridgehead atoms. The molecule has 6 aliphatic rings. The second kappa shape index (κ2) is 3.71. The Balaban J connectivity index is 0.000000104. The topological polar surface area (TPSA) is 71.0 Å². The van der Waals surface area contributed by atoms with Crippen molar-refractivity contribution in [3.63, 3.8) is 0 Å². The number of aliphatic hydroxyl groups excluding tert-OH is 2. The van der Waals surface area contributed by atoms with Gasteiger partial charge in [-0.2, -0.15) is 0 Å². The second-order valence-electron chi connectivity index (χ2n) is 7.11. The number of rotatable bonds is 6. The molecule has 0 aliphatic heterocycles. The van der Waals surface area contributed by atoms with Crippen LogP contribution in [-0.2, 0) is 9.68 Å². The summed E-state index contributed by atoms with van der Waals surface area (Å²) in [6.45, 7) is 5.35. The van der Waals surface area contributed by atoms with Crippen LogP contribution in [0.15, 0.2) is 0 Å². The van der Waals surface area contributed by atoms with E-state index in [4.69, 9.17) is 10.2 Å². The van der Waals surface area contributed by atoms with E-state index in [0.717, 1.165) is 10.8 Å². The fourth-order valence-corrected chi connectivity index (χ4v) is 6.82. The smallest absolute Gasteiger partial charge is 0.0940 e. The summed E-state index contributed by atoms with van der Waals surface area (Å²) in [5.41, 5.74) is 3.95. The van der Waals surface area contributed by atoms with Crippen LogP contribution in [0.25, 0.3) is 0 Å². The maximum atomic E-state index is 8.15. The molecule has 0 amide bonds. The van der Waals surface area contributed by atoms with Crippen LogP contribution in [0.1, 0.15) is 13.8 Å². The molecule has 6 rings (SSSR count). The van der Waals surface area contributed by atoms with E-state index in [1.165, 1.54) is 35.5 Å². The fraction of sp³-hybridized carbons (Fsp3) is 1.00. The van der Waals surface area contributed by atoms with Crippen LogP contribution in [0, 0.1) is 46.3 Å². The third kappa shape index (κ3) is 1.03. The maximum Gasteiger partial charge on any atom is 0.0940 e. The van der Waals surface area contributed by atoms with Gasteiger partial charge in [0.25, 0.3) is 0 Å². The van der Waals surface area contributed by atoms with Gasteiger partial charge in [-0.05, 0) is 46.3 Å². The molecule has 3 N–H and O–H groups in total. The van der Waals surface area contributed by atoms with E-state index < -0.39 is 0 Å². The van der Waals surface area contributed by atoms with Crippen molar-refractivity contribution < 1.29 is 19.9 Å². The zero-order valence-corrected chi connectivity index (χ0v) is 11.5. The molecule has 0 aromatic carbocycles. The van der Waals surface area contributed by atoms with Gasteiger partial charge in [-0.1, -0.05) is 19.5 Å². The zero-order chi connectivity index (χ0) is 13.4. The van der Waals surface area contributed by atoms with Crippen molar-refractivity contribution in [2.75, 3.05) is 26.4 Å². The van der Waals surface area contributed by atoms with Crippen molar-refractivity contribution in [3.8, 4) is 0 Å². The van der Waals surface area contributed by atoms with Crippen LogP contribution >= 0.6 is 0 Å². The lowest BCUT2D eigenvalue weighted by Crippen LogP contribution is -3.08. The highest BCUT2D eigenvalue weighted by Crippen LogP contribution is 3.10. The fourth-order valence-electron chi connectivity index (χ4n) is 6.82. The summed E-state index contributed by atoms with van der Waals surface area (Å²) in [4.78, 5) is 8.90. The Bertz CT molecular complexity index is 309. The summed E-state index contributed by atoms with van der Waals surface area (Å²) in [6, 6.07) is 0. The molecule has 5 nitrogen and oxygen atoms in total. The molecule has 19 heavy (non-hydrogen) atoms. The lowest BCUT2D eigenvalue weighted by molar-refractivity contribution is -0.649. The summed E-state index contributed by atoms with van der Waals surface area (Å²) in [5, 5.41) is 16.3. The molecular weight excluding hydrogens is 246 g/mol. The molecule has 6 aliphatic carbocycles. The summed E-state index contributed by atoms with van der Waals surface area (Å²) >= 11 is 0. The van der Waals surface area contributed by atoms with Gasteiger partial charge < -0.3 is 10.2 Å². The first kappa shape index (κ1) is 12.5. The largest absolute Gasteiger partial charge is 0.394 e. The van der Waals surface area contributed by atoms with Gasteiger partial charge in [0.15, 0.2) is 0 Å².